The summed E-state index contributed by atoms with van der Waals surface area (Å²) in [4.78, 5) is 13.7. The SMILES string of the molecule is CC1[C]([Ti+2]([CH3])([CH3])[NH]C(=O)C2CCCCCCCCCCC2)=Cc2c1c1ccccc1c1ccccc21.[Cl-].[Cl-].[SiH4]. The summed E-state index contributed by atoms with van der Waals surface area (Å²) in [5.74, 6) is 0.882. The molecule has 2 nitrogen and oxygen atoms in total. The Bertz CT molecular complexity index is 1280. The summed E-state index contributed by atoms with van der Waals surface area (Å²) in [5.41, 5.74) is 2.84. The van der Waals surface area contributed by atoms with E-state index in [0.717, 1.165) is 12.8 Å². The first kappa shape index (κ1) is 34.1. The number of carbonyl (C=O) groups is 1. The van der Waals surface area contributed by atoms with Gasteiger partial charge in [-0.3, -0.25) is 0 Å². The molecule has 0 spiro atoms. The van der Waals surface area contributed by atoms with Crippen molar-refractivity contribution < 1.29 is 46.5 Å². The molecule has 3 aromatic rings. The molecule has 1 saturated carbocycles. The molecule has 5 rings (SSSR count). The third-order valence-corrected chi connectivity index (χ3v) is 13.4. The monoisotopic (exact) mass is 619 g/mol. The van der Waals surface area contributed by atoms with E-state index in [1.165, 1.54) is 94.3 Å². The molecule has 0 aromatic heterocycles. The quantitative estimate of drug-likeness (QED) is 0.354. The molecule has 3 aromatic carbocycles. The topological polar surface area (TPSA) is 29.1 Å². The van der Waals surface area contributed by atoms with Gasteiger partial charge in [0.1, 0.15) is 0 Å². The molecule has 6 heteroatoms. The number of hydrogen-bond acceptors (Lipinski definition) is 1. The normalized spacial score (nSPS) is 18.4. The molecule has 212 valence electrons. The van der Waals surface area contributed by atoms with Crippen LogP contribution >= 0.6 is 0 Å². The third kappa shape index (κ3) is 7.41. The summed E-state index contributed by atoms with van der Waals surface area (Å²) in [7, 11) is 0. The van der Waals surface area contributed by atoms with Gasteiger partial charge in [-0.25, -0.2) is 0 Å². The van der Waals surface area contributed by atoms with Gasteiger partial charge < -0.3 is 24.8 Å². The Morgan fingerprint density at radius 3 is 1.69 bits per heavy atom. The fraction of sp³-hybridized carbons (Fsp3) is 0.485. The zero-order valence-electron chi connectivity index (χ0n) is 23.3. The fourth-order valence-electron chi connectivity index (χ4n) is 6.88. The molecule has 39 heavy (non-hydrogen) atoms. The van der Waals surface area contributed by atoms with Crippen LogP contribution in [0.1, 0.15) is 94.6 Å². The van der Waals surface area contributed by atoms with E-state index in [0.29, 0.717) is 11.8 Å². The van der Waals surface area contributed by atoms with E-state index in [-0.39, 0.29) is 41.7 Å². The molecule has 1 N–H and O–H groups in total. The second kappa shape index (κ2) is 15.2. The molecule has 2 aliphatic rings. The van der Waals surface area contributed by atoms with Gasteiger partial charge in [-0.2, -0.15) is 0 Å². The van der Waals surface area contributed by atoms with Gasteiger partial charge in [-0.1, -0.05) is 0 Å². The van der Waals surface area contributed by atoms with Gasteiger partial charge in [-0.15, -0.1) is 0 Å². The van der Waals surface area contributed by atoms with Gasteiger partial charge in [0, 0.05) is 0 Å². The molecule has 2 aliphatic carbocycles. The number of nitrogens with one attached hydrogen (secondary N) is 1. The van der Waals surface area contributed by atoms with Crippen LogP contribution in [0.3, 0.4) is 0 Å². The maximum atomic E-state index is 13.7. The average Bonchev–Trinajstić information content (AvgIpc) is 3.23. The summed E-state index contributed by atoms with van der Waals surface area (Å²) in [6.07, 6.45) is 16.4. The van der Waals surface area contributed by atoms with Crippen molar-refractivity contribution in [3.63, 3.8) is 0 Å². The standard InChI is InChI=1S/C18H13.C13H25NO.2CH3.2ClH.H4Si.Ti/c1-12-10-11-17-15-8-3-2-6-13(15)14-7-4-5-9-16(14)18(12)17;14-13(15)12-10-8-6-4-2-1-3-5-7-9-11-12;;;;;;/h2-9,11-12H,1H3;12H,1-11H2,(H2,14,15);2*1H3;2*1H;1H4;/q;;;;;;;+3/p-3. The summed E-state index contributed by atoms with van der Waals surface area (Å²) >= 11 is -2.78. The maximum absolute atomic E-state index is 13.7. The van der Waals surface area contributed by atoms with Crippen LogP contribution in [0, 0.1) is 5.92 Å². The number of amides is 1. The van der Waals surface area contributed by atoms with Gasteiger partial charge in [0.25, 0.3) is 0 Å². The fourth-order valence-corrected chi connectivity index (χ4v) is 11.1. The van der Waals surface area contributed by atoms with Crippen molar-refractivity contribution in [1.29, 1.82) is 0 Å². The number of hydrogen-bond donors (Lipinski definition) is 1. The van der Waals surface area contributed by atoms with Crippen LogP contribution in [-0.4, -0.2) is 16.9 Å². The summed E-state index contributed by atoms with van der Waals surface area (Å²) in [5, 5.41) is 10.2. The molecule has 1 amide bonds. The molecule has 0 heterocycles. The van der Waals surface area contributed by atoms with E-state index in [1.54, 1.807) is 0 Å². The van der Waals surface area contributed by atoms with Crippen LogP contribution in [-0.2, 0) is 21.6 Å². The maximum Gasteiger partial charge on any atom is -0.0149 e. The Morgan fingerprint density at radius 2 is 1.15 bits per heavy atom. The molecular formula is C33H47Cl2NOSiTi. The molecule has 1 atom stereocenters. The van der Waals surface area contributed by atoms with Crippen LogP contribution in [0.15, 0.2) is 52.4 Å². The van der Waals surface area contributed by atoms with E-state index in [4.69, 9.17) is 0 Å². The van der Waals surface area contributed by atoms with Crippen LogP contribution in [0.25, 0.3) is 27.6 Å². The first-order valence-corrected chi connectivity index (χ1v) is 19.1. The van der Waals surface area contributed by atoms with Crippen LogP contribution in [0.5, 0.6) is 0 Å². The van der Waals surface area contributed by atoms with Gasteiger partial charge in [0.05, 0.1) is 0 Å². The van der Waals surface area contributed by atoms with Crippen molar-refractivity contribution in [2.45, 2.75) is 93.9 Å². The molecule has 1 fully saturated rings. The number of allylic oxidation sites excluding steroid dienone is 1. The Labute approximate surface area is 256 Å². The Kier molecular flexibility index (Phi) is 13.3. The van der Waals surface area contributed by atoms with E-state index in [9.17, 15) is 4.79 Å². The summed E-state index contributed by atoms with van der Waals surface area (Å²) < 4.78 is 5.23. The van der Waals surface area contributed by atoms with Crippen molar-refractivity contribution >= 4 is 44.5 Å². The number of halogens is 2. The number of fused-ring (bicyclic) bond motifs is 6. The zero-order valence-corrected chi connectivity index (χ0v) is 26.4. The van der Waals surface area contributed by atoms with Gasteiger partial charge >= 0.3 is 222 Å². The van der Waals surface area contributed by atoms with E-state index < -0.39 is 16.8 Å². The minimum absolute atomic E-state index is 0. The Morgan fingerprint density at radius 1 is 0.718 bits per heavy atom. The second-order valence-electron chi connectivity index (χ2n) is 11.8. The molecule has 0 aliphatic heterocycles. The first-order chi connectivity index (χ1) is 17.5. The van der Waals surface area contributed by atoms with Gasteiger partial charge in [0.15, 0.2) is 0 Å². The van der Waals surface area contributed by atoms with E-state index >= 15 is 0 Å². The Hall–Kier alpha value is -1.10. The molecule has 0 saturated heterocycles. The van der Waals surface area contributed by atoms with Crippen LogP contribution in [0.4, 0.5) is 0 Å². The van der Waals surface area contributed by atoms with Crippen molar-refractivity contribution in [3.05, 3.63) is 63.5 Å². The number of benzene rings is 3. The summed E-state index contributed by atoms with van der Waals surface area (Å²) in [6.45, 7) is 2.37. The van der Waals surface area contributed by atoms with Crippen LogP contribution in [0.2, 0.25) is 10.5 Å². The van der Waals surface area contributed by atoms with Gasteiger partial charge in [0.2, 0.25) is 0 Å². The third-order valence-electron chi connectivity index (χ3n) is 8.85. The van der Waals surface area contributed by atoms with Crippen molar-refractivity contribution in [2.24, 2.45) is 5.92 Å². The van der Waals surface area contributed by atoms with Crippen molar-refractivity contribution in [1.82, 2.24) is 3.80 Å². The van der Waals surface area contributed by atoms with Crippen molar-refractivity contribution in [3.8, 4) is 0 Å². The minimum Gasteiger partial charge on any atom is -1.00 e. The van der Waals surface area contributed by atoms with E-state index in [1.807, 2.05) is 0 Å². The largest absolute Gasteiger partial charge is 1.00 e. The minimum atomic E-state index is -2.78. The predicted molar refractivity (Wildman–Crippen MR) is 163 cm³/mol. The summed E-state index contributed by atoms with van der Waals surface area (Å²) in [6, 6.07) is 17.7. The molecule has 0 radical (unpaired) electrons. The smallest absolute Gasteiger partial charge is 0.0149 e. The Balaban J connectivity index is 0.00000178. The van der Waals surface area contributed by atoms with Crippen molar-refractivity contribution in [2.75, 3.05) is 0 Å². The predicted octanol–water partition coefficient (Wildman–Crippen LogP) is 2.21. The second-order valence-corrected chi connectivity index (χ2v) is 18.2. The van der Waals surface area contributed by atoms with Crippen LogP contribution < -0.4 is 28.6 Å². The number of rotatable bonds is 3. The number of carbonyl (C=O) groups excluding carboxylic acids is 1. The molecule has 0 bridgehead atoms. The van der Waals surface area contributed by atoms with E-state index in [2.05, 4.69) is 75.8 Å². The van der Waals surface area contributed by atoms with Gasteiger partial charge in [-0.05, 0) is 11.0 Å². The molecule has 1 unspecified atom stereocenters. The first-order valence-electron chi connectivity index (χ1n) is 14.4. The average molecular weight is 621 g/mol. The molecular weight excluding hydrogens is 573 g/mol. The zero-order chi connectivity index (χ0) is 25.1.